The van der Waals surface area contributed by atoms with Gasteiger partial charge in [-0.15, -0.1) is 0 Å². The van der Waals surface area contributed by atoms with Gasteiger partial charge in [0.15, 0.2) is 0 Å². The lowest BCUT2D eigenvalue weighted by atomic mass is 9.82. The van der Waals surface area contributed by atoms with E-state index in [2.05, 4.69) is 132 Å². The third kappa shape index (κ3) is 6.58. The highest BCUT2D eigenvalue weighted by molar-refractivity contribution is 6.09. The van der Waals surface area contributed by atoms with Crippen LogP contribution in [-0.4, -0.2) is 19.3 Å². The number of para-hydroxylation sites is 1. The number of fused-ring (bicyclic) bond motifs is 3. The first-order valence-corrected chi connectivity index (χ1v) is 18.7. The van der Waals surface area contributed by atoms with E-state index in [0.29, 0.717) is 5.92 Å². The number of nitrogens with zero attached hydrogens (tertiary/aromatic N) is 4. The molecule has 3 heterocycles. The van der Waals surface area contributed by atoms with Crippen molar-refractivity contribution in [3.63, 3.8) is 0 Å². The molecule has 260 valence electrons. The lowest BCUT2D eigenvalue weighted by molar-refractivity contribution is 0.483. The van der Waals surface area contributed by atoms with Gasteiger partial charge in [-0.05, 0) is 134 Å². The first-order chi connectivity index (χ1) is 24.8. The van der Waals surface area contributed by atoms with E-state index in [-0.39, 0.29) is 0 Å². The van der Waals surface area contributed by atoms with Gasteiger partial charge in [0.1, 0.15) is 17.3 Å². The minimum absolute atomic E-state index is 0.410. The van der Waals surface area contributed by atoms with Gasteiger partial charge in [-0.3, -0.25) is 4.57 Å². The summed E-state index contributed by atoms with van der Waals surface area (Å²) in [7, 11) is 0. The Kier molecular flexibility index (Phi) is 9.82. The zero-order chi connectivity index (χ0) is 35.6. The van der Waals surface area contributed by atoms with Gasteiger partial charge >= 0.3 is 0 Å². The molecule has 7 aromatic rings. The van der Waals surface area contributed by atoms with Gasteiger partial charge < -0.3 is 4.74 Å². The molecule has 0 spiro atoms. The molecule has 4 aromatic carbocycles. The molecule has 7 rings (SSSR count). The van der Waals surface area contributed by atoms with Crippen molar-refractivity contribution in [2.75, 3.05) is 0 Å². The third-order valence-electron chi connectivity index (χ3n) is 10.7. The summed E-state index contributed by atoms with van der Waals surface area (Å²) >= 11 is 0. The Morgan fingerprint density at radius 3 is 2.14 bits per heavy atom. The van der Waals surface area contributed by atoms with Crippen LogP contribution in [-0.2, 0) is 12.8 Å². The molecule has 0 N–H and O–H groups in total. The van der Waals surface area contributed by atoms with Crippen molar-refractivity contribution in [1.29, 1.82) is 0 Å². The van der Waals surface area contributed by atoms with Crippen molar-refractivity contribution >= 4 is 21.8 Å². The molecule has 0 saturated carbocycles. The summed E-state index contributed by atoms with van der Waals surface area (Å²) in [6.07, 6.45) is 13.1. The van der Waals surface area contributed by atoms with Gasteiger partial charge in [0.25, 0.3) is 0 Å². The molecule has 5 heteroatoms. The highest BCUT2D eigenvalue weighted by Crippen LogP contribution is 2.38. The molecule has 0 fully saturated rings. The largest absolute Gasteiger partial charge is 0.457 e. The average molecular weight is 675 g/mol. The SMILES string of the molecule is CCCCc1c(C)c(C)c(C)c(CCCC)c1-c1cnn(-c2cccc(Oc3ccc4c5ccccc5n(-c5cc(C(C)C)ccn5)c4c3)c2)c1. The fourth-order valence-electron chi connectivity index (χ4n) is 7.57. The van der Waals surface area contributed by atoms with Crippen LogP contribution in [0.5, 0.6) is 11.5 Å². The molecular weight excluding hydrogens is 625 g/mol. The van der Waals surface area contributed by atoms with E-state index < -0.39 is 0 Å². The maximum Gasteiger partial charge on any atom is 0.137 e. The van der Waals surface area contributed by atoms with E-state index in [1.165, 1.54) is 81.0 Å². The van der Waals surface area contributed by atoms with Gasteiger partial charge in [0.05, 0.1) is 22.9 Å². The highest BCUT2D eigenvalue weighted by atomic mass is 16.5. The number of pyridine rings is 1. The summed E-state index contributed by atoms with van der Waals surface area (Å²) in [5.74, 6) is 2.86. The van der Waals surface area contributed by atoms with Crippen LogP contribution in [0.1, 0.15) is 92.7 Å². The van der Waals surface area contributed by atoms with Gasteiger partial charge in [-0.25, -0.2) is 9.67 Å². The van der Waals surface area contributed by atoms with E-state index >= 15 is 0 Å². The van der Waals surface area contributed by atoms with Crippen molar-refractivity contribution in [1.82, 2.24) is 19.3 Å². The Bertz CT molecular complexity index is 2310. The first-order valence-electron chi connectivity index (χ1n) is 18.7. The van der Waals surface area contributed by atoms with Gasteiger partial charge in [-0.2, -0.15) is 5.10 Å². The van der Waals surface area contributed by atoms with Crippen molar-refractivity contribution < 1.29 is 4.74 Å². The third-order valence-corrected chi connectivity index (χ3v) is 10.7. The van der Waals surface area contributed by atoms with Crippen LogP contribution in [0.25, 0.3) is 44.4 Å². The van der Waals surface area contributed by atoms with E-state index in [4.69, 9.17) is 14.8 Å². The predicted molar refractivity (Wildman–Crippen MR) is 213 cm³/mol. The predicted octanol–water partition coefficient (Wildman–Crippen LogP) is 12.6. The molecule has 0 aliphatic heterocycles. The van der Waals surface area contributed by atoms with Crippen molar-refractivity contribution in [3.05, 3.63) is 131 Å². The molecule has 0 unspecified atom stereocenters. The molecule has 0 bridgehead atoms. The second kappa shape index (κ2) is 14.6. The summed E-state index contributed by atoms with van der Waals surface area (Å²) < 4.78 is 10.8. The fraction of sp³-hybridized carbons (Fsp3) is 0.304. The van der Waals surface area contributed by atoms with Gasteiger partial charge in [-0.1, -0.05) is 64.8 Å². The highest BCUT2D eigenvalue weighted by Gasteiger charge is 2.20. The van der Waals surface area contributed by atoms with Gasteiger partial charge in [0, 0.05) is 40.9 Å². The van der Waals surface area contributed by atoms with Gasteiger partial charge in [0.2, 0.25) is 0 Å². The van der Waals surface area contributed by atoms with Crippen LogP contribution in [0.3, 0.4) is 0 Å². The molecule has 3 aromatic heterocycles. The molecule has 0 aliphatic rings. The van der Waals surface area contributed by atoms with E-state index in [9.17, 15) is 0 Å². The molecule has 5 nitrogen and oxygen atoms in total. The topological polar surface area (TPSA) is 44.9 Å². The van der Waals surface area contributed by atoms with Crippen molar-refractivity contribution in [2.45, 2.75) is 92.9 Å². The summed E-state index contributed by atoms with van der Waals surface area (Å²) in [6.45, 7) is 15.9. The van der Waals surface area contributed by atoms with Crippen LogP contribution >= 0.6 is 0 Å². The first kappa shape index (κ1) is 34.3. The zero-order valence-corrected chi connectivity index (χ0v) is 31.3. The standard InChI is InChI=1S/C46H50N4O/c1-8-10-17-39-32(6)31(5)33(7)40(18-11-9-2)46(39)35-28-48-49(29-35)36-15-14-16-37(26-36)51-38-21-22-42-41-19-12-13-20-43(41)50(44(42)27-38)45-25-34(30(3)4)23-24-47-45/h12-16,19-30H,8-11,17-18H2,1-7H3. The smallest absolute Gasteiger partial charge is 0.137 e. The van der Waals surface area contributed by atoms with E-state index in [0.717, 1.165) is 46.9 Å². The lowest BCUT2D eigenvalue weighted by Gasteiger charge is -2.22. The molecule has 0 saturated heterocycles. The molecular formula is C46H50N4O. The average Bonchev–Trinajstić information content (AvgIpc) is 3.76. The quantitative estimate of drug-likeness (QED) is 0.130. The number of benzene rings is 4. The summed E-state index contributed by atoms with van der Waals surface area (Å²) in [5.41, 5.74) is 14.3. The molecule has 0 atom stereocenters. The van der Waals surface area contributed by atoms with Crippen molar-refractivity contribution in [2.24, 2.45) is 0 Å². The van der Waals surface area contributed by atoms with Crippen LogP contribution in [0, 0.1) is 20.8 Å². The van der Waals surface area contributed by atoms with Crippen molar-refractivity contribution in [3.8, 4) is 34.1 Å². The Morgan fingerprint density at radius 1 is 0.706 bits per heavy atom. The summed E-state index contributed by atoms with van der Waals surface area (Å²) in [6, 6.07) is 27.4. The monoisotopic (exact) mass is 674 g/mol. The fourth-order valence-corrected chi connectivity index (χ4v) is 7.57. The number of hydrogen-bond donors (Lipinski definition) is 0. The number of ether oxygens (including phenoxy) is 1. The normalized spacial score (nSPS) is 11.7. The second-order valence-electron chi connectivity index (χ2n) is 14.3. The maximum absolute atomic E-state index is 6.59. The molecule has 0 amide bonds. The number of rotatable bonds is 12. The lowest BCUT2D eigenvalue weighted by Crippen LogP contribution is -2.06. The van der Waals surface area contributed by atoms with Crippen LogP contribution in [0.15, 0.2) is 97.5 Å². The minimum Gasteiger partial charge on any atom is -0.457 e. The Labute approximate surface area is 302 Å². The summed E-state index contributed by atoms with van der Waals surface area (Å²) in [5, 5.41) is 7.28. The molecule has 0 radical (unpaired) electrons. The number of aromatic nitrogens is 4. The number of unbranched alkanes of at least 4 members (excludes halogenated alkanes) is 2. The maximum atomic E-state index is 6.59. The molecule has 0 aliphatic carbocycles. The van der Waals surface area contributed by atoms with Crippen LogP contribution < -0.4 is 4.74 Å². The molecule has 51 heavy (non-hydrogen) atoms. The second-order valence-corrected chi connectivity index (χ2v) is 14.3. The number of hydrogen-bond acceptors (Lipinski definition) is 3. The van der Waals surface area contributed by atoms with E-state index in [1.807, 2.05) is 23.0 Å². The minimum atomic E-state index is 0.410. The Morgan fingerprint density at radius 2 is 1.41 bits per heavy atom. The Balaban J connectivity index is 1.25. The van der Waals surface area contributed by atoms with Crippen LogP contribution in [0.4, 0.5) is 0 Å². The van der Waals surface area contributed by atoms with Crippen LogP contribution in [0.2, 0.25) is 0 Å². The van der Waals surface area contributed by atoms with E-state index in [1.54, 1.807) is 0 Å². The Hall–Kier alpha value is -5.16. The summed E-state index contributed by atoms with van der Waals surface area (Å²) in [4.78, 5) is 4.81. The zero-order valence-electron chi connectivity index (χ0n) is 31.3.